The van der Waals surface area contributed by atoms with Gasteiger partial charge in [-0.15, -0.1) is 0 Å². The van der Waals surface area contributed by atoms with Crippen LogP contribution in [-0.2, 0) is 13.6 Å². The molecule has 19 heavy (non-hydrogen) atoms. The van der Waals surface area contributed by atoms with Crippen molar-refractivity contribution in [3.63, 3.8) is 0 Å². The Morgan fingerprint density at radius 3 is 2.89 bits per heavy atom. The number of aryl methyl sites for hydroxylation is 1. The van der Waals surface area contributed by atoms with Crippen molar-refractivity contribution in [3.8, 4) is 0 Å². The highest BCUT2D eigenvalue weighted by molar-refractivity contribution is 7.98. The Labute approximate surface area is 119 Å². The first-order valence-electron chi connectivity index (χ1n) is 6.42. The van der Waals surface area contributed by atoms with Gasteiger partial charge in [-0.05, 0) is 24.9 Å². The molecule has 0 bridgehead atoms. The lowest BCUT2D eigenvalue weighted by molar-refractivity contribution is 0.448. The topological polar surface area (TPSA) is 58.3 Å². The van der Waals surface area contributed by atoms with Crippen LogP contribution in [0.1, 0.15) is 18.7 Å². The number of nitrogens with one attached hydrogen (secondary N) is 1. The minimum atomic E-state index is 0.695. The van der Waals surface area contributed by atoms with Gasteiger partial charge >= 0.3 is 0 Å². The molecule has 108 valence electrons. The molecule has 0 atom stereocenters. The van der Waals surface area contributed by atoms with E-state index in [2.05, 4.69) is 31.5 Å². The number of aliphatic imine (C=N–C) groups is 1. The number of unbranched alkanes of at least 4 members (excludes halogenated alkanes) is 1. The molecule has 1 rings (SSSR count). The summed E-state index contributed by atoms with van der Waals surface area (Å²) in [7, 11) is 5.71. The van der Waals surface area contributed by atoms with E-state index in [0.29, 0.717) is 6.54 Å². The fourth-order valence-corrected chi connectivity index (χ4v) is 2.20. The van der Waals surface area contributed by atoms with E-state index in [1.807, 2.05) is 25.9 Å². The van der Waals surface area contributed by atoms with Crippen LogP contribution in [0.3, 0.4) is 0 Å². The molecule has 0 aliphatic heterocycles. The van der Waals surface area contributed by atoms with E-state index >= 15 is 0 Å². The number of guanidine groups is 1. The van der Waals surface area contributed by atoms with E-state index in [1.165, 1.54) is 12.2 Å². The predicted octanol–water partition coefficient (Wildman–Crippen LogP) is 0.965. The van der Waals surface area contributed by atoms with Crippen molar-refractivity contribution in [2.45, 2.75) is 19.4 Å². The summed E-state index contributed by atoms with van der Waals surface area (Å²) in [4.78, 5) is 10.6. The highest BCUT2D eigenvalue weighted by Gasteiger charge is 2.09. The molecule has 0 fully saturated rings. The van der Waals surface area contributed by atoms with Crippen LogP contribution in [0, 0.1) is 0 Å². The molecule has 6 nitrogen and oxygen atoms in total. The predicted molar refractivity (Wildman–Crippen MR) is 81.4 cm³/mol. The maximum atomic E-state index is 4.28. The lowest BCUT2D eigenvalue weighted by Crippen LogP contribution is -2.39. The van der Waals surface area contributed by atoms with Crippen molar-refractivity contribution in [1.29, 1.82) is 0 Å². The lowest BCUT2D eigenvalue weighted by atomic mass is 10.3. The van der Waals surface area contributed by atoms with Gasteiger partial charge in [-0.1, -0.05) is 0 Å². The van der Waals surface area contributed by atoms with Crippen LogP contribution in [-0.4, -0.2) is 58.3 Å². The number of nitrogens with zero attached hydrogens (tertiary/aromatic N) is 5. The molecule has 1 N–H and O–H groups in total. The normalized spacial score (nSPS) is 11.7. The molecule has 0 saturated heterocycles. The summed E-state index contributed by atoms with van der Waals surface area (Å²) in [6.07, 6.45) is 6.11. The van der Waals surface area contributed by atoms with E-state index in [1.54, 1.807) is 18.1 Å². The van der Waals surface area contributed by atoms with Gasteiger partial charge in [0.2, 0.25) is 0 Å². The van der Waals surface area contributed by atoms with Gasteiger partial charge in [0.25, 0.3) is 0 Å². The van der Waals surface area contributed by atoms with E-state index in [0.717, 1.165) is 24.7 Å². The molecule has 1 aromatic heterocycles. The Hall–Kier alpha value is -1.24. The van der Waals surface area contributed by atoms with Gasteiger partial charge in [-0.2, -0.15) is 16.9 Å². The monoisotopic (exact) mass is 284 g/mol. The minimum Gasteiger partial charge on any atom is -0.356 e. The van der Waals surface area contributed by atoms with Crippen molar-refractivity contribution in [2.75, 3.05) is 32.6 Å². The lowest BCUT2D eigenvalue weighted by Gasteiger charge is -2.21. The third-order valence-electron chi connectivity index (χ3n) is 2.82. The first kappa shape index (κ1) is 15.8. The average molecular weight is 284 g/mol. The van der Waals surface area contributed by atoms with Crippen LogP contribution in [0.25, 0.3) is 0 Å². The van der Waals surface area contributed by atoms with Gasteiger partial charge in [0.15, 0.2) is 5.96 Å². The third kappa shape index (κ3) is 5.50. The number of thioether (sulfide) groups is 1. The fourth-order valence-electron chi connectivity index (χ4n) is 1.71. The largest absolute Gasteiger partial charge is 0.356 e. The second-order valence-corrected chi connectivity index (χ2v) is 5.32. The molecule has 0 saturated carbocycles. The summed E-state index contributed by atoms with van der Waals surface area (Å²) in [5.74, 6) is 3.04. The Morgan fingerprint density at radius 1 is 1.53 bits per heavy atom. The van der Waals surface area contributed by atoms with Crippen molar-refractivity contribution < 1.29 is 0 Å². The van der Waals surface area contributed by atoms with Crippen LogP contribution in [0.5, 0.6) is 0 Å². The van der Waals surface area contributed by atoms with Gasteiger partial charge in [0.1, 0.15) is 12.2 Å². The summed E-state index contributed by atoms with van der Waals surface area (Å²) < 4.78 is 1.78. The Kier molecular flexibility index (Phi) is 7.32. The number of aromatic nitrogens is 3. The zero-order valence-electron chi connectivity index (χ0n) is 12.3. The molecule has 0 aromatic carbocycles. The molecule has 0 unspecified atom stereocenters. The first-order valence-corrected chi connectivity index (χ1v) is 7.82. The maximum Gasteiger partial charge on any atom is 0.193 e. The second-order valence-electron chi connectivity index (χ2n) is 4.33. The van der Waals surface area contributed by atoms with Crippen molar-refractivity contribution in [1.82, 2.24) is 25.0 Å². The summed E-state index contributed by atoms with van der Waals surface area (Å²) >= 11 is 1.89. The molecule has 7 heteroatoms. The van der Waals surface area contributed by atoms with Crippen LogP contribution in [0.2, 0.25) is 0 Å². The zero-order chi connectivity index (χ0) is 14.1. The number of hydrogen-bond donors (Lipinski definition) is 1. The highest BCUT2D eigenvalue weighted by Crippen LogP contribution is 2.00. The zero-order valence-corrected chi connectivity index (χ0v) is 13.1. The van der Waals surface area contributed by atoms with E-state index in [-0.39, 0.29) is 0 Å². The molecule has 0 amide bonds. The average Bonchev–Trinajstić information content (AvgIpc) is 2.79. The molecule has 0 spiro atoms. The summed E-state index contributed by atoms with van der Waals surface area (Å²) in [5.41, 5.74) is 0. The van der Waals surface area contributed by atoms with Crippen molar-refractivity contribution >= 4 is 17.7 Å². The Balaban J connectivity index is 2.36. The summed E-state index contributed by atoms with van der Waals surface area (Å²) in [5, 5.41) is 7.44. The molecule has 0 aliphatic rings. The molecule has 1 heterocycles. The molecule has 1 aromatic rings. The fraction of sp³-hybridized carbons (Fsp3) is 0.750. The van der Waals surface area contributed by atoms with Gasteiger partial charge in [-0.3, -0.25) is 9.67 Å². The van der Waals surface area contributed by atoms with Crippen LogP contribution < -0.4 is 5.32 Å². The minimum absolute atomic E-state index is 0.695. The van der Waals surface area contributed by atoms with Crippen LogP contribution in [0.4, 0.5) is 0 Å². The highest BCUT2D eigenvalue weighted by atomic mass is 32.2. The molecular formula is C12H24N6S. The van der Waals surface area contributed by atoms with Crippen LogP contribution in [0.15, 0.2) is 11.3 Å². The van der Waals surface area contributed by atoms with Crippen molar-refractivity contribution in [2.24, 2.45) is 12.0 Å². The maximum absolute atomic E-state index is 4.28. The summed E-state index contributed by atoms with van der Waals surface area (Å²) in [6, 6.07) is 0. The standard InChI is InChI=1S/C12H24N6S/c1-13-12(14-7-5-6-8-19-4)17(2)9-11-15-10-16-18(11)3/h10H,5-9H2,1-4H3,(H,13,14). The van der Waals surface area contributed by atoms with Gasteiger partial charge in [-0.25, -0.2) is 4.98 Å². The number of hydrogen-bond acceptors (Lipinski definition) is 4. The van der Waals surface area contributed by atoms with E-state index in [9.17, 15) is 0 Å². The second kappa shape index (κ2) is 8.79. The molecule has 0 radical (unpaired) electrons. The van der Waals surface area contributed by atoms with E-state index in [4.69, 9.17) is 0 Å². The Bertz CT molecular complexity index is 389. The third-order valence-corrected chi connectivity index (χ3v) is 3.51. The quantitative estimate of drug-likeness (QED) is 0.459. The number of rotatable bonds is 7. The van der Waals surface area contributed by atoms with Gasteiger partial charge < -0.3 is 10.2 Å². The first-order chi connectivity index (χ1) is 9.19. The van der Waals surface area contributed by atoms with E-state index < -0.39 is 0 Å². The SMILES string of the molecule is CN=C(NCCCCSC)N(C)Cc1ncnn1C. The molecular weight excluding hydrogens is 260 g/mol. The summed E-state index contributed by atoms with van der Waals surface area (Å²) in [6.45, 7) is 1.65. The van der Waals surface area contributed by atoms with Gasteiger partial charge in [0, 0.05) is 27.7 Å². The van der Waals surface area contributed by atoms with Gasteiger partial charge in [0.05, 0.1) is 6.54 Å². The smallest absolute Gasteiger partial charge is 0.193 e. The van der Waals surface area contributed by atoms with Crippen LogP contribution >= 0.6 is 11.8 Å². The Morgan fingerprint density at radius 2 is 2.32 bits per heavy atom. The molecule has 0 aliphatic carbocycles. The van der Waals surface area contributed by atoms with Crippen molar-refractivity contribution in [3.05, 3.63) is 12.2 Å².